The van der Waals surface area contributed by atoms with Crippen LogP contribution in [-0.4, -0.2) is 31.7 Å². The summed E-state index contributed by atoms with van der Waals surface area (Å²) in [5.74, 6) is 1.29. The van der Waals surface area contributed by atoms with E-state index in [1.165, 1.54) is 6.26 Å². The van der Waals surface area contributed by atoms with Crippen LogP contribution in [0.1, 0.15) is 19.4 Å². The van der Waals surface area contributed by atoms with Gasteiger partial charge in [0.25, 0.3) is 0 Å². The van der Waals surface area contributed by atoms with Gasteiger partial charge in [0.2, 0.25) is 0 Å². The average molecular weight is 368 g/mol. The summed E-state index contributed by atoms with van der Waals surface area (Å²) < 4.78 is 16.1. The topological polar surface area (TPSA) is 60.0 Å². The zero-order valence-electron chi connectivity index (χ0n) is 15.0. The first kappa shape index (κ1) is 21.1. The van der Waals surface area contributed by atoms with Gasteiger partial charge in [-0.1, -0.05) is 29.8 Å². The molecule has 0 saturated carbocycles. The van der Waals surface area contributed by atoms with E-state index in [1.54, 1.807) is 39.4 Å². The number of halogens is 1. The van der Waals surface area contributed by atoms with E-state index in [1.807, 2.05) is 31.2 Å². The minimum atomic E-state index is -0.851. The molecule has 25 heavy (non-hydrogen) atoms. The highest BCUT2D eigenvalue weighted by Crippen LogP contribution is 2.30. The number of nitrogens with one attached hydrogen (secondary N) is 1. The van der Waals surface area contributed by atoms with Gasteiger partial charge < -0.3 is 19.3 Å². The highest BCUT2D eigenvalue weighted by molar-refractivity contribution is 6.31. The summed E-state index contributed by atoms with van der Waals surface area (Å²) >= 11 is 5.91. The van der Waals surface area contributed by atoms with Crippen LogP contribution in [0.25, 0.3) is 0 Å². The minimum Gasteiger partial charge on any atom is -0.494 e. The molecule has 2 unspecified atom stereocenters. The van der Waals surface area contributed by atoms with Crippen LogP contribution in [0.5, 0.6) is 11.5 Å². The quantitative estimate of drug-likeness (QED) is 0.375. The molecule has 1 aromatic rings. The maximum absolute atomic E-state index is 10.2. The van der Waals surface area contributed by atoms with Crippen LogP contribution in [0.2, 0.25) is 0 Å². The Morgan fingerprint density at radius 2 is 2.08 bits per heavy atom. The molecular weight excluding hydrogens is 342 g/mol. The van der Waals surface area contributed by atoms with Crippen LogP contribution < -0.4 is 14.8 Å². The molecule has 2 atom stereocenters. The lowest BCUT2D eigenvalue weighted by Gasteiger charge is -2.20. The molecule has 138 valence electrons. The number of rotatable bonds is 10. The molecule has 0 aliphatic rings. The number of allylic oxidation sites excluding steroid dienone is 5. The van der Waals surface area contributed by atoms with Gasteiger partial charge >= 0.3 is 0 Å². The molecule has 0 amide bonds. The summed E-state index contributed by atoms with van der Waals surface area (Å²) in [4.78, 5) is 0. The summed E-state index contributed by atoms with van der Waals surface area (Å²) in [7, 11) is 3.17. The Balaban J connectivity index is 2.55. The number of ether oxygens (including phenoxy) is 3. The fraction of sp³-hybridized carbons (Fsp3) is 0.368. The first-order valence-corrected chi connectivity index (χ1v) is 8.33. The van der Waals surface area contributed by atoms with Gasteiger partial charge in [-0.05, 0) is 38.1 Å². The molecule has 0 aliphatic heterocycles. The van der Waals surface area contributed by atoms with Crippen LogP contribution in [0.3, 0.4) is 0 Å². The normalized spacial score (nSPS) is 14.7. The Morgan fingerprint density at radius 3 is 2.72 bits per heavy atom. The third-order valence-electron chi connectivity index (χ3n) is 3.38. The second-order valence-electron chi connectivity index (χ2n) is 5.20. The zero-order chi connectivity index (χ0) is 18.7. The smallest absolute Gasteiger partial charge is 0.165 e. The number of aliphatic hydroxyl groups excluding tert-OH is 1. The standard InChI is InChI=1S/C19H26ClNO4/c1-5-8-16(20)10-7-12-25-14(2)19(22)21-13-15-9-6-11-17(23-3)18(15)24-4/h5-12,14,19,21-22H,13H2,1-4H3/b8-5-,12-7+,16-10+. The molecule has 0 aliphatic carbocycles. The van der Waals surface area contributed by atoms with E-state index in [4.69, 9.17) is 25.8 Å². The summed E-state index contributed by atoms with van der Waals surface area (Å²) in [5, 5.41) is 13.8. The van der Waals surface area contributed by atoms with Crippen molar-refractivity contribution < 1.29 is 19.3 Å². The van der Waals surface area contributed by atoms with E-state index in [0.29, 0.717) is 23.1 Å². The van der Waals surface area contributed by atoms with Crippen molar-refractivity contribution in [3.05, 3.63) is 59.4 Å². The van der Waals surface area contributed by atoms with Crippen LogP contribution >= 0.6 is 11.6 Å². The summed E-state index contributed by atoms with van der Waals surface area (Å²) in [6.45, 7) is 4.06. The molecule has 0 bridgehead atoms. The van der Waals surface area contributed by atoms with E-state index in [-0.39, 0.29) is 0 Å². The van der Waals surface area contributed by atoms with Crippen molar-refractivity contribution in [2.45, 2.75) is 32.7 Å². The molecule has 5 nitrogen and oxygen atoms in total. The maximum atomic E-state index is 10.2. The predicted molar refractivity (Wildman–Crippen MR) is 101 cm³/mol. The Morgan fingerprint density at radius 1 is 1.32 bits per heavy atom. The number of hydrogen-bond donors (Lipinski definition) is 2. The lowest BCUT2D eigenvalue weighted by atomic mass is 10.1. The van der Waals surface area contributed by atoms with E-state index < -0.39 is 12.3 Å². The van der Waals surface area contributed by atoms with Crippen molar-refractivity contribution in [1.29, 1.82) is 0 Å². The number of aliphatic hydroxyl groups is 1. The van der Waals surface area contributed by atoms with Gasteiger partial charge in [-0.2, -0.15) is 0 Å². The van der Waals surface area contributed by atoms with Gasteiger partial charge in [0.15, 0.2) is 11.5 Å². The van der Waals surface area contributed by atoms with Gasteiger partial charge in [0.1, 0.15) is 12.3 Å². The molecular formula is C19H26ClNO4. The molecule has 6 heteroatoms. The fourth-order valence-electron chi connectivity index (χ4n) is 2.06. The molecule has 1 rings (SSSR count). The highest BCUT2D eigenvalue weighted by Gasteiger charge is 2.15. The van der Waals surface area contributed by atoms with Gasteiger partial charge in [0.05, 0.1) is 20.5 Å². The molecule has 0 spiro atoms. The third-order valence-corrected chi connectivity index (χ3v) is 3.64. The maximum Gasteiger partial charge on any atom is 0.165 e. The van der Waals surface area contributed by atoms with Crippen LogP contribution in [-0.2, 0) is 11.3 Å². The second kappa shape index (κ2) is 11.6. The monoisotopic (exact) mass is 367 g/mol. The molecule has 0 radical (unpaired) electrons. The van der Waals surface area contributed by atoms with Crippen molar-refractivity contribution in [3.8, 4) is 11.5 Å². The Kier molecular flexibility index (Phi) is 9.77. The minimum absolute atomic E-state index is 0.409. The summed E-state index contributed by atoms with van der Waals surface area (Å²) in [6, 6.07) is 5.59. The summed E-state index contributed by atoms with van der Waals surface area (Å²) in [6.07, 6.45) is 7.20. The van der Waals surface area contributed by atoms with Gasteiger partial charge in [-0.15, -0.1) is 0 Å². The zero-order valence-corrected chi connectivity index (χ0v) is 15.8. The van der Waals surface area contributed by atoms with Crippen molar-refractivity contribution in [2.24, 2.45) is 0 Å². The predicted octanol–water partition coefficient (Wildman–Crippen LogP) is 3.73. The Labute approximate surface area is 154 Å². The van der Waals surface area contributed by atoms with Crippen molar-refractivity contribution >= 4 is 11.6 Å². The van der Waals surface area contributed by atoms with Crippen molar-refractivity contribution in [3.63, 3.8) is 0 Å². The number of methoxy groups -OCH3 is 2. The van der Waals surface area contributed by atoms with E-state index in [2.05, 4.69) is 5.32 Å². The molecule has 0 fully saturated rings. The highest BCUT2D eigenvalue weighted by atomic mass is 35.5. The first-order chi connectivity index (χ1) is 12.0. The molecule has 1 aromatic carbocycles. The number of hydrogen-bond acceptors (Lipinski definition) is 5. The van der Waals surface area contributed by atoms with Gasteiger partial charge in [0, 0.05) is 17.1 Å². The van der Waals surface area contributed by atoms with E-state index in [9.17, 15) is 5.11 Å². The van der Waals surface area contributed by atoms with Crippen LogP contribution in [0, 0.1) is 0 Å². The molecule has 2 N–H and O–H groups in total. The van der Waals surface area contributed by atoms with Crippen molar-refractivity contribution in [1.82, 2.24) is 5.32 Å². The molecule has 0 saturated heterocycles. The average Bonchev–Trinajstić information content (AvgIpc) is 2.62. The van der Waals surface area contributed by atoms with Crippen LogP contribution in [0.15, 0.2) is 53.8 Å². The SMILES string of the molecule is C\C=C/C(Cl)=C\C=C\OC(C)C(O)NCc1cccc(OC)c1OC. The molecule has 0 aromatic heterocycles. The Hall–Kier alpha value is -1.95. The van der Waals surface area contributed by atoms with Crippen LogP contribution in [0.4, 0.5) is 0 Å². The van der Waals surface area contributed by atoms with Gasteiger partial charge in [-0.3, -0.25) is 5.32 Å². The second-order valence-corrected chi connectivity index (χ2v) is 5.64. The van der Waals surface area contributed by atoms with E-state index in [0.717, 1.165) is 5.56 Å². The fourth-order valence-corrected chi connectivity index (χ4v) is 2.26. The largest absolute Gasteiger partial charge is 0.494 e. The number of benzene rings is 1. The van der Waals surface area contributed by atoms with E-state index >= 15 is 0 Å². The lowest BCUT2D eigenvalue weighted by molar-refractivity contribution is -0.00112. The summed E-state index contributed by atoms with van der Waals surface area (Å²) in [5.41, 5.74) is 0.879. The molecule has 0 heterocycles. The Bertz CT molecular complexity index is 613. The lowest BCUT2D eigenvalue weighted by Crippen LogP contribution is -2.38. The number of para-hydroxylation sites is 1. The van der Waals surface area contributed by atoms with Gasteiger partial charge in [-0.25, -0.2) is 0 Å². The first-order valence-electron chi connectivity index (χ1n) is 7.95. The van der Waals surface area contributed by atoms with Crippen molar-refractivity contribution in [2.75, 3.05) is 14.2 Å². The third kappa shape index (κ3) is 7.22.